The average Bonchev–Trinajstić information content (AvgIpc) is 2.09. The highest BCUT2D eigenvalue weighted by atomic mass is 32.2. The molecule has 0 spiro atoms. The molecule has 0 aliphatic rings. The molecule has 0 heterocycles. The van der Waals surface area contributed by atoms with Gasteiger partial charge in [-0.05, 0) is 20.8 Å². The van der Waals surface area contributed by atoms with Gasteiger partial charge >= 0.3 is 5.97 Å². The van der Waals surface area contributed by atoms with Crippen molar-refractivity contribution in [1.29, 1.82) is 0 Å². The number of ether oxygens (including phenoxy) is 1. The van der Waals surface area contributed by atoms with E-state index in [1.807, 2.05) is 0 Å². The minimum Gasteiger partial charge on any atom is -0.468 e. The number of nitrogens with one attached hydrogen (secondary N) is 2. The Hall–Kier alpha value is -0.660. The largest absolute Gasteiger partial charge is 0.468 e. The zero-order valence-corrected chi connectivity index (χ0v) is 11.1. The number of rotatable bonds is 6. The van der Waals surface area contributed by atoms with Gasteiger partial charge in [0.15, 0.2) is 0 Å². The Morgan fingerprint density at radius 1 is 1.44 bits per heavy atom. The molecule has 0 fully saturated rings. The molecule has 0 radical (unpaired) electrons. The minimum atomic E-state index is -3.26. The van der Waals surface area contributed by atoms with Crippen LogP contribution in [0.1, 0.15) is 20.8 Å². The van der Waals surface area contributed by atoms with Crippen molar-refractivity contribution >= 4 is 16.0 Å². The van der Waals surface area contributed by atoms with Crippen molar-refractivity contribution in [1.82, 2.24) is 10.0 Å². The monoisotopic (exact) mass is 252 g/mol. The molecule has 0 saturated carbocycles. The molecule has 2 N–H and O–H groups in total. The lowest BCUT2D eigenvalue weighted by atomic mass is 10.1. The summed E-state index contributed by atoms with van der Waals surface area (Å²) in [5.41, 5.74) is -0.657. The van der Waals surface area contributed by atoms with Gasteiger partial charge in [0.2, 0.25) is 10.0 Å². The molecule has 0 aromatic carbocycles. The van der Waals surface area contributed by atoms with Gasteiger partial charge < -0.3 is 10.1 Å². The maximum atomic E-state index is 11.1. The molecule has 7 heteroatoms. The third-order valence-electron chi connectivity index (χ3n) is 1.87. The van der Waals surface area contributed by atoms with Crippen molar-refractivity contribution in [3.8, 4) is 0 Å². The van der Waals surface area contributed by atoms with Gasteiger partial charge in [0, 0.05) is 12.1 Å². The van der Waals surface area contributed by atoms with Gasteiger partial charge in [-0.2, -0.15) is 0 Å². The normalized spacial score (nSPS) is 14.6. The van der Waals surface area contributed by atoms with Crippen LogP contribution in [0.25, 0.3) is 0 Å². The fourth-order valence-electron chi connectivity index (χ4n) is 1.21. The summed E-state index contributed by atoms with van der Waals surface area (Å²) in [5.74, 6) is -0.379. The Kier molecular flexibility index (Phi) is 5.37. The third-order valence-corrected chi connectivity index (χ3v) is 2.79. The van der Waals surface area contributed by atoms with Crippen molar-refractivity contribution in [2.45, 2.75) is 32.4 Å². The van der Waals surface area contributed by atoms with Crippen molar-refractivity contribution in [3.63, 3.8) is 0 Å². The number of carbonyl (C=O) groups excluding carboxylic acids is 1. The summed E-state index contributed by atoms with van der Waals surface area (Å²) in [6.45, 7) is 5.44. The number of esters is 1. The van der Waals surface area contributed by atoms with Crippen LogP contribution in [-0.2, 0) is 19.6 Å². The molecular formula is C9H20N2O4S. The van der Waals surface area contributed by atoms with Crippen LogP contribution in [-0.4, -0.2) is 45.9 Å². The summed E-state index contributed by atoms with van der Waals surface area (Å²) in [7, 11) is -1.96. The molecule has 6 nitrogen and oxygen atoms in total. The van der Waals surface area contributed by atoms with Crippen LogP contribution < -0.4 is 10.0 Å². The van der Waals surface area contributed by atoms with E-state index in [0.29, 0.717) is 6.54 Å². The molecule has 1 unspecified atom stereocenters. The van der Waals surface area contributed by atoms with Crippen molar-refractivity contribution in [2.75, 3.05) is 19.9 Å². The van der Waals surface area contributed by atoms with E-state index in [1.165, 1.54) is 7.11 Å². The Bertz CT molecular complexity index is 337. The molecule has 0 amide bonds. The van der Waals surface area contributed by atoms with Crippen LogP contribution in [0.5, 0.6) is 0 Å². The lowest BCUT2D eigenvalue weighted by Crippen LogP contribution is -2.52. The number of hydrogen-bond donors (Lipinski definition) is 2. The Balaban J connectivity index is 4.24. The van der Waals surface area contributed by atoms with Gasteiger partial charge in [0.05, 0.1) is 13.4 Å². The highest BCUT2D eigenvalue weighted by Crippen LogP contribution is 2.02. The Morgan fingerprint density at radius 2 is 1.94 bits per heavy atom. The van der Waals surface area contributed by atoms with Gasteiger partial charge in [0.1, 0.15) is 6.04 Å². The maximum Gasteiger partial charge on any atom is 0.322 e. The van der Waals surface area contributed by atoms with Crippen LogP contribution in [0.15, 0.2) is 0 Å². The van der Waals surface area contributed by atoms with Gasteiger partial charge in [-0.25, -0.2) is 13.1 Å². The van der Waals surface area contributed by atoms with Gasteiger partial charge in [-0.15, -0.1) is 0 Å². The smallest absolute Gasteiger partial charge is 0.322 e. The lowest BCUT2D eigenvalue weighted by molar-refractivity contribution is -0.142. The van der Waals surface area contributed by atoms with E-state index in [4.69, 9.17) is 0 Å². The first-order valence-corrected chi connectivity index (χ1v) is 6.77. The summed E-state index contributed by atoms with van der Waals surface area (Å²) in [4.78, 5) is 11.1. The first-order chi connectivity index (χ1) is 7.07. The summed E-state index contributed by atoms with van der Waals surface area (Å²) < 4.78 is 29.1. The predicted molar refractivity (Wildman–Crippen MR) is 61.5 cm³/mol. The van der Waals surface area contributed by atoms with Crippen molar-refractivity contribution in [3.05, 3.63) is 0 Å². The zero-order valence-electron chi connectivity index (χ0n) is 10.3. The Labute approximate surface area is 96.8 Å². The quantitative estimate of drug-likeness (QED) is 0.621. The Morgan fingerprint density at radius 3 is 2.31 bits per heavy atom. The molecule has 0 aliphatic carbocycles. The minimum absolute atomic E-state index is 0.330. The van der Waals surface area contributed by atoms with Crippen LogP contribution in [0.4, 0.5) is 0 Å². The number of carbonyl (C=O) groups is 1. The first-order valence-electron chi connectivity index (χ1n) is 4.87. The maximum absolute atomic E-state index is 11.1. The molecular weight excluding hydrogens is 232 g/mol. The van der Waals surface area contributed by atoms with E-state index in [0.717, 1.165) is 6.26 Å². The highest BCUT2D eigenvalue weighted by molar-refractivity contribution is 7.88. The average molecular weight is 252 g/mol. The van der Waals surface area contributed by atoms with Gasteiger partial charge in [0.25, 0.3) is 0 Å². The zero-order chi connectivity index (χ0) is 13.0. The van der Waals surface area contributed by atoms with E-state index in [-0.39, 0.29) is 5.97 Å². The number of methoxy groups -OCH3 is 1. The summed E-state index contributed by atoms with van der Waals surface area (Å²) in [6, 6.07) is -0.467. The molecule has 0 aromatic rings. The second-order valence-electron chi connectivity index (χ2n) is 4.38. The van der Waals surface area contributed by atoms with E-state index >= 15 is 0 Å². The number of sulfonamides is 1. The van der Waals surface area contributed by atoms with Crippen molar-refractivity contribution in [2.24, 2.45) is 0 Å². The van der Waals surface area contributed by atoms with Crippen molar-refractivity contribution < 1.29 is 17.9 Å². The lowest BCUT2D eigenvalue weighted by Gasteiger charge is -2.26. The molecule has 0 rings (SSSR count). The fraction of sp³-hybridized carbons (Fsp3) is 0.889. The van der Waals surface area contributed by atoms with Crippen LogP contribution in [0.2, 0.25) is 0 Å². The van der Waals surface area contributed by atoms with Gasteiger partial charge in [-0.1, -0.05) is 0 Å². The second kappa shape index (κ2) is 5.60. The summed E-state index contributed by atoms with van der Waals surface area (Å²) in [6.07, 6.45) is 1.10. The molecule has 0 aromatic heterocycles. The fourth-order valence-corrected chi connectivity index (χ4v) is 2.28. The highest BCUT2D eigenvalue weighted by Gasteiger charge is 2.24. The van der Waals surface area contributed by atoms with Crippen LogP contribution in [0.3, 0.4) is 0 Å². The summed E-state index contributed by atoms with van der Waals surface area (Å²) in [5, 5.41) is 2.89. The molecule has 96 valence electrons. The second-order valence-corrected chi connectivity index (χ2v) is 6.13. The third kappa shape index (κ3) is 6.76. The molecule has 0 aliphatic heterocycles. The van der Waals surface area contributed by atoms with Crippen LogP contribution >= 0.6 is 0 Å². The molecule has 0 bridgehead atoms. The van der Waals surface area contributed by atoms with E-state index in [1.54, 1.807) is 20.8 Å². The van der Waals surface area contributed by atoms with Crippen LogP contribution in [0, 0.1) is 0 Å². The molecule has 0 saturated heterocycles. The molecule has 1 atom stereocenters. The molecule has 16 heavy (non-hydrogen) atoms. The van der Waals surface area contributed by atoms with E-state index < -0.39 is 21.6 Å². The number of hydrogen-bond acceptors (Lipinski definition) is 5. The first kappa shape index (κ1) is 15.3. The SMILES string of the molecule is COC(=O)C(C)NCC(C)(C)NS(C)(=O)=O. The van der Waals surface area contributed by atoms with Gasteiger partial charge in [-0.3, -0.25) is 4.79 Å². The predicted octanol–water partition coefficient (Wildman–Crippen LogP) is -0.535. The summed E-state index contributed by atoms with van der Waals surface area (Å²) >= 11 is 0. The van der Waals surface area contributed by atoms with E-state index in [9.17, 15) is 13.2 Å². The standard InChI is InChI=1S/C9H20N2O4S/c1-7(8(12)15-4)10-6-9(2,3)11-16(5,13)14/h7,10-11H,6H2,1-5H3. The topological polar surface area (TPSA) is 84.5 Å². The van der Waals surface area contributed by atoms with E-state index in [2.05, 4.69) is 14.8 Å².